The number of esters is 1. The third-order valence-corrected chi connectivity index (χ3v) is 6.57. The Morgan fingerprint density at radius 3 is 2.75 bits per heavy atom. The highest BCUT2D eigenvalue weighted by atomic mass is 79.9. The maximum Gasteiger partial charge on any atom is 0.350 e. The Bertz CT molecular complexity index is 671. The predicted molar refractivity (Wildman–Crippen MR) is 78.9 cm³/mol. The number of anilines is 1. The molecule has 0 bridgehead atoms. The van der Waals surface area contributed by atoms with Gasteiger partial charge in [-0.3, -0.25) is 4.79 Å². The number of hydrogen-bond acceptors (Lipinski definition) is 6. The molecule has 1 unspecified atom stereocenters. The third-order valence-electron chi connectivity index (χ3n) is 2.85. The van der Waals surface area contributed by atoms with Crippen LogP contribution in [0.1, 0.15) is 16.1 Å². The van der Waals surface area contributed by atoms with Gasteiger partial charge in [0.05, 0.1) is 17.3 Å². The molecule has 0 N–H and O–H groups in total. The lowest BCUT2D eigenvalue weighted by molar-refractivity contribution is -0.117. The maximum absolute atomic E-state index is 12.0. The van der Waals surface area contributed by atoms with E-state index in [9.17, 15) is 18.0 Å². The van der Waals surface area contributed by atoms with Gasteiger partial charge < -0.3 is 9.64 Å². The largest absolute Gasteiger partial charge is 0.465 e. The van der Waals surface area contributed by atoms with E-state index in [1.807, 2.05) is 0 Å². The fraction of sp³-hybridized carbons (Fsp3) is 0.400. The van der Waals surface area contributed by atoms with E-state index in [-0.39, 0.29) is 17.8 Å². The molecular weight excluding hydrogens is 394 g/mol. The molecule has 110 valence electrons. The molecule has 1 aromatic heterocycles. The quantitative estimate of drug-likeness (QED) is 0.570. The van der Waals surface area contributed by atoms with E-state index in [0.717, 1.165) is 11.3 Å². The summed E-state index contributed by atoms with van der Waals surface area (Å²) in [4.78, 5) is 25.1. The van der Waals surface area contributed by atoms with Crippen LogP contribution in [-0.2, 0) is 18.6 Å². The number of thiophene rings is 1. The molecule has 2 heterocycles. The fourth-order valence-corrected chi connectivity index (χ4v) is 4.59. The Morgan fingerprint density at radius 1 is 1.60 bits per heavy atom. The molecule has 1 atom stereocenters. The van der Waals surface area contributed by atoms with E-state index in [2.05, 4.69) is 20.7 Å². The van der Waals surface area contributed by atoms with E-state index < -0.39 is 26.2 Å². The second-order valence-corrected chi connectivity index (χ2v) is 8.70. The van der Waals surface area contributed by atoms with Crippen molar-refractivity contribution in [2.45, 2.75) is 11.7 Å². The van der Waals surface area contributed by atoms with E-state index in [4.69, 9.17) is 10.7 Å². The van der Waals surface area contributed by atoms with Gasteiger partial charge in [-0.2, -0.15) is 0 Å². The minimum Gasteiger partial charge on any atom is -0.465 e. The van der Waals surface area contributed by atoms with Gasteiger partial charge in [0.25, 0.3) is 0 Å². The highest BCUT2D eigenvalue weighted by Gasteiger charge is 2.40. The molecule has 0 saturated carbocycles. The van der Waals surface area contributed by atoms with Crippen LogP contribution in [0.4, 0.5) is 5.69 Å². The minimum atomic E-state index is -3.83. The number of hydrogen-bond donors (Lipinski definition) is 0. The number of nitrogens with zero attached hydrogens (tertiary/aromatic N) is 1. The van der Waals surface area contributed by atoms with Crippen LogP contribution in [0.5, 0.6) is 0 Å². The highest BCUT2D eigenvalue weighted by Crippen LogP contribution is 2.39. The zero-order chi connectivity index (χ0) is 15.1. The van der Waals surface area contributed by atoms with Gasteiger partial charge in [-0.1, -0.05) is 0 Å². The van der Waals surface area contributed by atoms with Crippen LogP contribution < -0.4 is 4.90 Å². The average molecular weight is 403 g/mol. The monoisotopic (exact) mass is 401 g/mol. The van der Waals surface area contributed by atoms with Crippen molar-refractivity contribution in [3.05, 3.63) is 14.7 Å². The summed E-state index contributed by atoms with van der Waals surface area (Å²) in [6.07, 6.45) is -0.200. The number of carbonyl (C=O) groups is 2. The van der Waals surface area contributed by atoms with E-state index >= 15 is 0 Å². The molecule has 1 amide bonds. The van der Waals surface area contributed by atoms with Crippen LogP contribution in [-0.4, -0.2) is 39.2 Å². The summed E-state index contributed by atoms with van der Waals surface area (Å²) in [7, 11) is 2.70. The Morgan fingerprint density at radius 2 is 2.25 bits per heavy atom. The summed E-state index contributed by atoms with van der Waals surface area (Å²) in [5.41, 5.74) is 0.328. The molecule has 1 aromatic rings. The summed E-state index contributed by atoms with van der Waals surface area (Å²) in [5, 5.41) is 0.658. The minimum absolute atomic E-state index is 0.0794. The fourth-order valence-electron chi connectivity index (χ4n) is 1.90. The van der Waals surface area contributed by atoms with Gasteiger partial charge in [0, 0.05) is 29.0 Å². The van der Waals surface area contributed by atoms with Crippen molar-refractivity contribution >= 4 is 64.6 Å². The van der Waals surface area contributed by atoms with Crippen LogP contribution in [0.25, 0.3) is 0 Å². The molecule has 6 nitrogen and oxygen atoms in total. The Labute approximate surface area is 132 Å². The lowest BCUT2D eigenvalue weighted by Gasteiger charge is -2.17. The van der Waals surface area contributed by atoms with Gasteiger partial charge in [0.2, 0.25) is 15.0 Å². The molecule has 0 aromatic carbocycles. The second kappa shape index (κ2) is 5.63. The number of rotatable bonds is 3. The first-order valence-corrected chi connectivity index (χ1v) is 9.39. The van der Waals surface area contributed by atoms with Gasteiger partial charge in [-0.25, -0.2) is 13.2 Å². The molecule has 0 aliphatic carbocycles. The van der Waals surface area contributed by atoms with Gasteiger partial charge in [0.15, 0.2) is 0 Å². The summed E-state index contributed by atoms with van der Waals surface area (Å²) >= 11 is 4.36. The van der Waals surface area contributed by atoms with Crippen LogP contribution >= 0.6 is 37.9 Å². The summed E-state index contributed by atoms with van der Waals surface area (Å²) in [6.45, 7) is -0.0794. The number of halogens is 2. The SMILES string of the molecule is COC(=O)c1scc(Br)c1N1CC(S(=O)(=O)Cl)CC1=O. The normalized spacial score (nSPS) is 19.4. The number of ether oxygens (including phenoxy) is 1. The van der Waals surface area contributed by atoms with E-state index in [0.29, 0.717) is 10.2 Å². The average Bonchev–Trinajstić information content (AvgIpc) is 2.91. The molecule has 20 heavy (non-hydrogen) atoms. The maximum atomic E-state index is 12.0. The van der Waals surface area contributed by atoms with Gasteiger partial charge >= 0.3 is 5.97 Å². The van der Waals surface area contributed by atoms with Crippen molar-refractivity contribution in [2.24, 2.45) is 0 Å². The zero-order valence-electron chi connectivity index (χ0n) is 10.1. The first-order valence-electron chi connectivity index (χ1n) is 5.34. The molecule has 10 heteroatoms. The standard InChI is InChI=1S/C10H9BrClNO5S2/c1-18-10(15)9-8(6(11)4-19-9)13-3-5(2-7(13)14)20(12,16)17/h4-5H,2-3H2,1H3. The third kappa shape index (κ3) is 2.85. The van der Waals surface area contributed by atoms with Crippen molar-refractivity contribution < 1.29 is 22.7 Å². The van der Waals surface area contributed by atoms with Crippen molar-refractivity contribution in [3.8, 4) is 0 Å². The molecule has 0 spiro atoms. The molecule has 1 aliphatic heterocycles. The van der Waals surface area contributed by atoms with Gasteiger partial charge in [-0.15, -0.1) is 11.3 Å². The van der Waals surface area contributed by atoms with Crippen molar-refractivity contribution in [2.75, 3.05) is 18.6 Å². The van der Waals surface area contributed by atoms with Crippen molar-refractivity contribution in [3.63, 3.8) is 0 Å². The molecule has 1 fully saturated rings. The molecule has 2 rings (SSSR count). The van der Waals surface area contributed by atoms with Gasteiger partial charge in [-0.05, 0) is 15.9 Å². The van der Waals surface area contributed by atoms with E-state index in [1.165, 1.54) is 12.0 Å². The molecule has 0 radical (unpaired) electrons. The Balaban J connectivity index is 2.40. The number of carbonyl (C=O) groups excluding carboxylic acids is 2. The lowest BCUT2D eigenvalue weighted by atomic mass is 10.3. The summed E-state index contributed by atoms with van der Waals surface area (Å²) < 4.78 is 27.9. The van der Waals surface area contributed by atoms with Crippen LogP contribution in [0.15, 0.2) is 9.85 Å². The lowest BCUT2D eigenvalue weighted by Crippen LogP contribution is -2.28. The molecule has 1 saturated heterocycles. The Kier molecular flexibility index (Phi) is 4.43. The van der Waals surface area contributed by atoms with Crippen LogP contribution in [0, 0.1) is 0 Å². The second-order valence-electron chi connectivity index (χ2n) is 4.06. The first-order chi connectivity index (χ1) is 9.25. The first kappa shape index (κ1) is 15.7. The van der Waals surface area contributed by atoms with Crippen molar-refractivity contribution in [1.82, 2.24) is 0 Å². The van der Waals surface area contributed by atoms with E-state index in [1.54, 1.807) is 5.38 Å². The van der Waals surface area contributed by atoms with Crippen LogP contribution in [0.3, 0.4) is 0 Å². The summed E-state index contributed by atoms with van der Waals surface area (Å²) in [5.74, 6) is -0.982. The highest BCUT2D eigenvalue weighted by molar-refractivity contribution is 9.10. The van der Waals surface area contributed by atoms with Crippen LogP contribution in [0.2, 0.25) is 0 Å². The summed E-state index contributed by atoms with van der Waals surface area (Å²) in [6, 6.07) is 0. The van der Waals surface area contributed by atoms with Crippen molar-refractivity contribution in [1.29, 1.82) is 0 Å². The van der Waals surface area contributed by atoms with Gasteiger partial charge in [0.1, 0.15) is 10.1 Å². The smallest absolute Gasteiger partial charge is 0.350 e. The molecule has 1 aliphatic rings. The number of amides is 1. The molecular formula is C10H9BrClNO5S2. The topological polar surface area (TPSA) is 80.8 Å². The number of methoxy groups -OCH3 is 1. The predicted octanol–water partition coefficient (Wildman–Crippen LogP) is 1.97. The Hall–Kier alpha value is -0.640. The zero-order valence-corrected chi connectivity index (χ0v) is 14.1.